The maximum atomic E-state index is 13.9. The summed E-state index contributed by atoms with van der Waals surface area (Å²) in [5.41, 5.74) is 0.950. The van der Waals surface area contributed by atoms with Gasteiger partial charge in [-0.2, -0.15) is 8.78 Å². The summed E-state index contributed by atoms with van der Waals surface area (Å²) in [4.78, 5) is 23.5. The van der Waals surface area contributed by atoms with Crippen LogP contribution in [-0.4, -0.2) is 37.7 Å². The molecular formula is C20H20F3NO4S. The van der Waals surface area contributed by atoms with Crippen molar-refractivity contribution in [3.05, 3.63) is 53.3 Å². The second-order valence-electron chi connectivity index (χ2n) is 5.95. The van der Waals surface area contributed by atoms with Crippen LogP contribution in [0.2, 0.25) is 0 Å². The zero-order valence-corrected chi connectivity index (χ0v) is 16.7. The highest BCUT2D eigenvalue weighted by Gasteiger charge is 2.12. The molecule has 1 N–H and O–H groups in total. The van der Waals surface area contributed by atoms with Gasteiger partial charge in [-0.1, -0.05) is 12.1 Å². The molecule has 0 unspecified atom stereocenters. The number of thioether (sulfide) groups is 1. The molecule has 0 saturated heterocycles. The number of rotatable bonds is 10. The molecule has 0 spiro atoms. The molecule has 0 saturated carbocycles. The molecule has 0 aromatic heterocycles. The van der Waals surface area contributed by atoms with E-state index >= 15 is 0 Å². The lowest BCUT2D eigenvalue weighted by Gasteiger charge is -2.12. The highest BCUT2D eigenvalue weighted by Crippen LogP contribution is 2.29. The average molecular weight is 427 g/mol. The number of ketones is 1. The zero-order valence-electron chi connectivity index (χ0n) is 15.8. The smallest absolute Gasteiger partial charge is 0.387 e. The quantitative estimate of drug-likeness (QED) is 0.457. The lowest BCUT2D eigenvalue weighted by atomic mass is 10.1. The van der Waals surface area contributed by atoms with Crippen molar-refractivity contribution >= 4 is 23.5 Å². The van der Waals surface area contributed by atoms with Gasteiger partial charge in [-0.25, -0.2) is 4.39 Å². The van der Waals surface area contributed by atoms with Crippen molar-refractivity contribution in [3.63, 3.8) is 0 Å². The van der Waals surface area contributed by atoms with E-state index in [1.54, 1.807) is 6.07 Å². The Kier molecular flexibility index (Phi) is 8.38. The van der Waals surface area contributed by atoms with Crippen molar-refractivity contribution < 1.29 is 32.2 Å². The highest BCUT2D eigenvalue weighted by atomic mass is 32.2. The lowest BCUT2D eigenvalue weighted by molar-refractivity contribution is -0.118. The maximum absolute atomic E-state index is 13.9. The van der Waals surface area contributed by atoms with Crippen LogP contribution >= 0.6 is 11.8 Å². The molecule has 2 rings (SSSR count). The fourth-order valence-electron chi connectivity index (χ4n) is 2.44. The number of nitrogens with one attached hydrogen (secondary N) is 1. The predicted octanol–water partition coefficient (Wildman–Crippen LogP) is 4.09. The fourth-order valence-corrected chi connectivity index (χ4v) is 3.19. The molecule has 9 heteroatoms. The Morgan fingerprint density at radius 1 is 1.14 bits per heavy atom. The Bertz CT molecular complexity index is 877. The number of carbonyl (C=O) groups excluding carboxylic acids is 2. The first-order valence-electron chi connectivity index (χ1n) is 8.62. The third kappa shape index (κ3) is 7.01. The minimum Gasteiger partial charge on any atom is -0.493 e. The number of ether oxygens (including phenoxy) is 2. The van der Waals surface area contributed by atoms with Crippen LogP contribution in [0.3, 0.4) is 0 Å². The van der Waals surface area contributed by atoms with E-state index in [0.717, 1.165) is 17.8 Å². The van der Waals surface area contributed by atoms with Gasteiger partial charge in [0.05, 0.1) is 12.9 Å². The Labute approximate surface area is 170 Å². The van der Waals surface area contributed by atoms with Gasteiger partial charge in [0.15, 0.2) is 17.3 Å². The van der Waals surface area contributed by atoms with E-state index in [1.807, 2.05) is 0 Å². The number of hydrogen-bond acceptors (Lipinski definition) is 5. The van der Waals surface area contributed by atoms with Crippen molar-refractivity contribution in [1.82, 2.24) is 5.32 Å². The van der Waals surface area contributed by atoms with E-state index in [1.165, 1.54) is 38.3 Å². The van der Waals surface area contributed by atoms with Crippen molar-refractivity contribution in [3.8, 4) is 11.5 Å². The highest BCUT2D eigenvalue weighted by molar-refractivity contribution is 8.00. The molecule has 0 heterocycles. The minimum atomic E-state index is -2.97. The standard InChI is InChI=1S/C20H20F3NO4S/c1-12(25)14-4-6-18(15(21)10-14)29-11-19(26)24-8-7-13-3-5-16(27-2)17(9-13)28-20(22)23/h3-6,9-10,20H,7-8,11H2,1-2H3,(H,24,26). The van der Waals surface area contributed by atoms with Crippen LogP contribution in [0.1, 0.15) is 22.8 Å². The third-order valence-corrected chi connectivity index (χ3v) is 4.93. The number of carbonyl (C=O) groups is 2. The first-order chi connectivity index (χ1) is 13.8. The number of alkyl halides is 2. The van der Waals surface area contributed by atoms with Gasteiger partial charge in [0.1, 0.15) is 5.82 Å². The molecule has 0 atom stereocenters. The molecule has 2 aromatic carbocycles. The topological polar surface area (TPSA) is 64.6 Å². The molecule has 29 heavy (non-hydrogen) atoms. The Hall–Kier alpha value is -2.68. The number of benzene rings is 2. The number of Topliss-reactive ketones (excluding diaryl/α,β-unsaturated/α-hetero) is 1. The normalized spacial score (nSPS) is 10.7. The summed E-state index contributed by atoms with van der Waals surface area (Å²) < 4.78 is 48.3. The van der Waals surface area contributed by atoms with Gasteiger partial charge in [0, 0.05) is 17.0 Å². The van der Waals surface area contributed by atoms with Gasteiger partial charge < -0.3 is 14.8 Å². The Morgan fingerprint density at radius 3 is 2.52 bits per heavy atom. The van der Waals surface area contributed by atoms with Gasteiger partial charge in [-0.05, 0) is 43.2 Å². The molecule has 2 aromatic rings. The lowest BCUT2D eigenvalue weighted by Crippen LogP contribution is -2.27. The van der Waals surface area contributed by atoms with Crippen LogP contribution in [0, 0.1) is 5.82 Å². The zero-order chi connectivity index (χ0) is 21.4. The number of methoxy groups -OCH3 is 1. The van der Waals surface area contributed by atoms with Crippen LogP contribution in [-0.2, 0) is 11.2 Å². The van der Waals surface area contributed by atoms with Crippen LogP contribution in [0.4, 0.5) is 13.2 Å². The summed E-state index contributed by atoms with van der Waals surface area (Å²) in [6, 6.07) is 8.74. The second kappa shape index (κ2) is 10.8. The summed E-state index contributed by atoms with van der Waals surface area (Å²) >= 11 is 1.02. The van der Waals surface area contributed by atoms with Gasteiger partial charge in [-0.15, -0.1) is 11.8 Å². The number of halogens is 3. The van der Waals surface area contributed by atoms with Gasteiger partial charge >= 0.3 is 6.61 Å². The van der Waals surface area contributed by atoms with E-state index in [2.05, 4.69) is 10.1 Å². The molecule has 1 amide bonds. The second-order valence-corrected chi connectivity index (χ2v) is 6.97. The largest absolute Gasteiger partial charge is 0.493 e. The predicted molar refractivity (Wildman–Crippen MR) is 103 cm³/mol. The summed E-state index contributed by atoms with van der Waals surface area (Å²) in [7, 11) is 1.35. The number of hydrogen-bond donors (Lipinski definition) is 1. The first kappa shape index (κ1) is 22.6. The molecule has 0 radical (unpaired) electrons. The van der Waals surface area contributed by atoms with E-state index in [9.17, 15) is 22.8 Å². The molecule has 5 nitrogen and oxygen atoms in total. The SMILES string of the molecule is COc1ccc(CCNC(=O)CSc2ccc(C(C)=O)cc2F)cc1OC(F)F. The van der Waals surface area contributed by atoms with Crippen molar-refractivity contribution in [2.24, 2.45) is 0 Å². The molecule has 156 valence electrons. The van der Waals surface area contributed by atoms with E-state index in [4.69, 9.17) is 4.74 Å². The first-order valence-corrected chi connectivity index (χ1v) is 9.60. The Morgan fingerprint density at radius 2 is 1.90 bits per heavy atom. The van der Waals surface area contributed by atoms with Crippen molar-refractivity contribution in [2.45, 2.75) is 24.9 Å². The number of amides is 1. The van der Waals surface area contributed by atoms with E-state index in [0.29, 0.717) is 12.0 Å². The monoisotopic (exact) mass is 427 g/mol. The summed E-state index contributed by atoms with van der Waals surface area (Å²) in [6.45, 7) is -1.35. The molecule has 0 aliphatic heterocycles. The minimum absolute atomic E-state index is 0.00130. The summed E-state index contributed by atoms with van der Waals surface area (Å²) in [5, 5.41) is 2.68. The molecule has 0 bridgehead atoms. The molecule has 0 aliphatic carbocycles. The summed E-state index contributed by atoms with van der Waals surface area (Å²) in [6.07, 6.45) is 0.391. The van der Waals surface area contributed by atoms with Gasteiger partial charge in [0.25, 0.3) is 0 Å². The maximum Gasteiger partial charge on any atom is 0.387 e. The van der Waals surface area contributed by atoms with E-state index in [-0.39, 0.29) is 45.9 Å². The molecular weight excluding hydrogens is 407 g/mol. The van der Waals surface area contributed by atoms with Crippen LogP contribution in [0.5, 0.6) is 11.5 Å². The fraction of sp³-hybridized carbons (Fsp3) is 0.300. The van der Waals surface area contributed by atoms with Gasteiger partial charge in [0.2, 0.25) is 5.91 Å². The van der Waals surface area contributed by atoms with Crippen LogP contribution in [0.25, 0.3) is 0 Å². The average Bonchev–Trinajstić information content (AvgIpc) is 2.66. The van der Waals surface area contributed by atoms with Crippen LogP contribution in [0.15, 0.2) is 41.3 Å². The Balaban J connectivity index is 1.83. The van der Waals surface area contributed by atoms with Crippen molar-refractivity contribution in [1.29, 1.82) is 0 Å². The summed E-state index contributed by atoms with van der Waals surface area (Å²) in [5.74, 6) is -0.987. The van der Waals surface area contributed by atoms with Crippen molar-refractivity contribution in [2.75, 3.05) is 19.4 Å². The molecule has 0 fully saturated rings. The van der Waals surface area contributed by atoms with E-state index < -0.39 is 12.4 Å². The molecule has 0 aliphatic rings. The third-order valence-electron chi connectivity index (χ3n) is 3.88. The van der Waals surface area contributed by atoms with Gasteiger partial charge in [-0.3, -0.25) is 9.59 Å². The van der Waals surface area contributed by atoms with Crippen LogP contribution < -0.4 is 14.8 Å².